The molecule has 2 amide bonds. The molecule has 2 aromatic carbocycles. The molecule has 1 fully saturated rings. The molecule has 0 unspecified atom stereocenters. The molecular weight excluding hydrogens is 390 g/mol. The van der Waals surface area contributed by atoms with E-state index < -0.39 is 0 Å². The first-order chi connectivity index (χ1) is 15.0. The van der Waals surface area contributed by atoms with Crippen LogP contribution >= 0.6 is 0 Å². The Labute approximate surface area is 183 Å². The zero-order valence-corrected chi connectivity index (χ0v) is 18.3. The molecule has 7 nitrogen and oxygen atoms in total. The molecule has 4 rings (SSSR count). The number of urea groups is 1. The van der Waals surface area contributed by atoms with E-state index in [1.165, 1.54) is 0 Å². The first-order valence-corrected chi connectivity index (χ1v) is 10.5. The number of nitrogens with zero attached hydrogens (tertiary/aromatic N) is 3. The SMILES string of the molecule is COc1cccc(CNC(=O)Nc2ccc3nc(N4CCN(C)CC4)cc(C)c3c2)c1. The molecule has 3 aromatic rings. The van der Waals surface area contributed by atoms with Crippen LogP contribution in [-0.4, -0.2) is 56.3 Å². The quantitative estimate of drug-likeness (QED) is 0.661. The molecule has 31 heavy (non-hydrogen) atoms. The molecule has 0 bridgehead atoms. The van der Waals surface area contributed by atoms with Gasteiger partial charge in [-0.15, -0.1) is 0 Å². The summed E-state index contributed by atoms with van der Waals surface area (Å²) < 4.78 is 5.22. The molecule has 2 N–H and O–H groups in total. The van der Waals surface area contributed by atoms with Gasteiger partial charge in [-0.25, -0.2) is 9.78 Å². The predicted molar refractivity (Wildman–Crippen MR) is 125 cm³/mol. The number of hydrogen-bond donors (Lipinski definition) is 2. The number of hydrogen-bond acceptors (Lipinski definition) is 5. The summed E-state index contributed by atoms with van der Waals surface area (Å²) in [6.07, 6.45) is 0. The summed E-state index contributed by atoms with van der Waals surface area (Å²) in [4.78, 5) is 21.9. The predicted octanol–water partition coefficient (Wildman–Crippen LogP) is 3.63. The Morgan fingerprint density at radius 1 is 1.10 bits per heavy atom. The number of aromatic nitrogens is 1. The zero-order valence-electron chi connectivity index (χ0n) is 18.3. The van der Waals surface area contributed by atoms with Gasteiger partial charge < -0.3 is 25.2 Å². The van der Waals surface area contributed by atoms with Crippen molar-refractivity contribution in [1.29, 1.82) is 0 Å². The van der Waals surface area contributed by atoms with Crippen molar-refractivity contribution in [2.75, 3.05) is 50.6 Å². The number of methoxy groups -OCH3 is 1. The molecule has 162 valence electrons. The van der Waals surface area contributed by atoms with E-state index in [9.17, 15) is 4.79 Å². The third kappa shape index (κ3) is 5.06. The molecule has 1 saturated heterocycles. The number of piperazine rings is 1. The molecule has 0 radical (unpaired) electrons. The minimum Gasteiger partial charge on any atom is -0.497 e. The van der Waals surface area contributed by atoms with E-state index in [1.54, 1.807) is 7.11 Å². The smallest absolute Gasteiger partial charge is 0.319 e. The fourth-order valence-electron chi connectivity index (χ4n) is 3.79. The number of fused-ring (bicyclic) bond motifs is 1. The van der Waals surface area contributed by atoms with E-state index >= 15 is 0 Å². The Balaban J connectivity index is 1.43. The lowest BCUT2D eigenvalue weighted by Gasteiger charge is -2.33. The summed E-state index contributed by atoms with van der Waals surface area (Å²) in [6, 6.07) is 15.4. The van der Waals surface area contributed by atoms with Crippen molar-refractivity contribution in [2.24, 2.45) is 0 Å². The first kappa shape index (κ1) is 20.9. The van der Waals surface area contributed by atoms with Crippen molar-refractivity contribution in [3.05, 3.63) is 59.7 Å². The number of amides is 2. The maximum Gasteiger partial charge on any atom is 0.319 e. The molecule has 1 aliphatic rings. The number of anilines is 2. The Bertz CT molecular complexity index is 1080. The van der Waals surface area contributed by atoms with Gasteiger partial charge in [-0.1, -0.05) is 12.1 Å². The Kier molecular flexibility index (Phi) is 6.23. The van der Waals surface area contributed by atoms with Crippen molar-refractivity contribution in [1.82, 2.24) is 15.2 Å². The van der Waals surface area contributed by atoms with Gasteiger partial charge in [0.15, 0.2) is 0 Å². The molecule has 2 heterocycles. The largest absolute Gasteiger partial charge is 0.497 e. The van der Waals surface area contributed by atoms with Crippen LogP contribution in [0.1, 0.15) is 11.1 Å². The Hall–Kier alpha value is -3.32. The van der Waals surface area contributed by atoms with Gasteiger partial charge in [-0.05, 0) is 61.5 Å². The third-order valence-electron chi connectivity index (χ3n) is 5.67. The van der Waals surface area contributed by atoms with Crippen LogP contribution in [0.15, 0.2) is 48.5 Å². The van der Waals surface area contributed by atoms with Gasteiger partial charge in [0.05, 0.1) is 12.6 Å². The van der Waals surface area contributed by atoms with E-state index in [0.717, 1.165) is 65.5 Å². The fraction of sp³-hybridized carbons (Fsp3) is 0.333. The van der Waals surface area contributed by atoms with Gasteiger partial charge in [0, 0.05) is 43.8 Å². The highest BCUT2D eigenvalue weighted by Crippen LogP contribution is 2.26. The van der Waals surface area contributed by atoms with Crippen molar-refractivity contribution >= 4 is 28.4 Å². The van der Waals surface area contributed by atoms with E-state index in [2.05, 4.69) is 40.5 Å². The highest BCUT2D eigenvalue weighted by molar-refractivity contribution is 5.94. The maximum absolute atomic E-state index is 12.4. The van der Waals surface area contributed by atoms with Crippen LogP contribution in [0.4, 0.5) is 16.3 Å². The second-order valence-electron chi connectivity index (χ2n) is 7.98. The van der Waals surface area contributed by atoms with Crippen molar-refractivity contribution in [3.63, 3.8) is 0 Å². The number of carbonyl (C=O) groups is 1. The van der Waals surface area contributed by atoms with Crippen LogP contribution in [0.2, 0.25) is 0 Å². The molecular formula is C24H29N5O2. The second kappa shape index (κ2) is 9.22. The number of likely N-dealkylation sites (N-methyl/N-ethyl adjacent to an activating group) is 1. The average Bonchev–Trinajstić information content (AvgIpc) is 2.78. The topological polar surface area (TPSA) is 69.7 Å². The van der Waals surface area contributed by atoms with Crippen molar-refractivity contribution in [3.8, 4) is 5.75 Å². The summed E-state index contributed by atoms with van der Waals surface area (Å²) in [6.45, 7) is 6.59. The number of aryl methyl sites for hydroxylation is 1. The monoisotopic (exact) mass is 419 g/mol. The molecule has 1 aliphatic heterocycles. The van der Waals surface area contributed by atoms with E-state index in [4.69, 9.17) is 9.72 Å². The van der Waals surface area contributed by atoms with Crippen LogP contribution in [0.5, 0.6) is 5.75 Å². The van der Waals surface area contributed by atoms with E-state index in [0.29, 0.717) is 6.54 Å². The molecule has 0 atom stereocenters. The number of benzene rings is 2. The standard InChI is InChI=1S/C24H29N5O2/c1-17-13-23(29-11-9-28(2)10-12-29)27-22-8-7-19(15-21(17)22)26-24(30)25-16-18-5-4-6-20(14-18)31-3/h4-8,13-15H,9-12,16H2,1-3H3,(H2,25,26,30). The normalized spacial score (nSPS) is 14.5. The third-order valence-corrected chi connectivity index (χ3v) is 5.67. The molecule has 7 heteroatoms. The Morgan fingerprint density at radius 3 is 2.68 bits per heavy atom. The van der Waals surface area contributed by atoms with Crippen LogP contribution in [0.25, 0.3) is 10.9 Å². The lowest BCUT2D eigenvalue weighted by Crippen LogP contribution is -2.44. The summed E-state index contributed by atoms with van der Waals surface area (Å²) in [7, 11) is 3.78. The van der Waals surface area contributed by atoms with Crippen LogP contribution < -0.4 is 20.3 Å². The summed E-state index contributed by atoms with van der Waals surface area (Å²) in [5.41, 5.74) is 3.81. The number of ether oxygens (including phenoxy) is 1. The average molecular weight is 420 g/mol. The number of nitrogens with one attached hydrogen (secondary N) is 2. The lowest BCUT2D eigenvalue weighted by molar-refractivity contribution is 0.251. The van der Waals surface area contributed by atoms with Gasteiger partial charge >= 0.3 is 6.03 Å². The van der Waals surface area contributed by atoms with Crippen LogP contribution in [-0.2, 0) is 6.54 Å². The second-order valence-corrected chi connectivity index (χ2v) is 7.98. The van der Waals surface area contributed by atoms with Crippen molar-refractivity contribution < 1.29 is 9.53 Å². The minimum absolute atomic E-state index is 0.248. The molecule has 0 spiro atoms. The van der Waals surface area contributed by atoms with Gasteiger partial charge in [-0.2, -0.15) is 0 Å². The summed E-state index contributed by atoms with van der Waals surface area (Å²) in [5.74, 6) is 1.79. The van der Waals surface area contributed by atoms with Crippen LogP contribution in [0.3, 0.4) is 0 Å². The van der Waals surface area contributed by atoms with Crippen LogP contribution in [0, 0.1) is 6.92 Å². The summed E-state index contributed by atoms with van der Waals surface area (Å²) >= 11 is 0. The molecule has 1 aromatic heterocycles. The van der Waals surface area contributed by atoms with Gasteiger partial charge in [0.2, 0.25) is 0 Å². The van der Waals surface area contributed by atoms with E-state index in [1.807, 2.05) is 42.5 Å². The molecule has 0 saturated carbocycles. The van der Waals surface area contributed by atoms with Crippen molar-refractivity contribution in [2.45, 2.75) is 13.5 Å². The number of carbonyl (C=O) groups excluding carboxylic acids is 1. The van der Waals surface area contributed by atoms with Gasteiger partial charge in [0.25, 0.3) is 0 Å². The Morgan fingerprint density at radius 2 is 1.90 bits per heavy atom. The van der Waals surface area contributed by atoms with Gasteiger partial charge in [-0.3, -0.25) is 0 Å². The first-order valence-electron chi connectivity index (χ1n) is 10.5. The lowest BCUT2D eigenvalue weighted by atomic mass is 10.1. The maximum atomic E-state index is 12.4. The fourth-order valence-corrected chi connectivity index (χ4v) is 3.79. The highest BCUT2D eigenvalue weighted by atomic mass is 16.5. The minimum atomic E-state index is -0.248. The zero-order chi connectivity index (χ0) is 21.8. The number of pyridine rings is 1. The highest BCUT2D eigenvalue weighted by Gasteiger charge is 2.16. The van der Waals surface area contributed by atoms with Gasteiger partial charge in [0.1, 0.15) is 11.6 Å². The summed E-state index contributed by atoms with van der Waals surface area (Å²) in [5, 5.41) is 6.85. The number of rotatable bonds is 5. The molecule has 0 aliphatic carbocycles. The van der Waals surface area contributed by atoms with E-state index in [-0.39, 0.29) is 6.03 Å².